The van der Waals surface area contributed by atoms with E-state index in [0.717, 1.165) is 19.0 Å². The van der Waals surface area contributed by atoms with Crippen LogP contribution in [0.15, 0.2) is 6.20 Å². The summed E-state index contributed by atoms with van der Waals surface area (Å²) >= 11 is 0. The summed E-state index contributed by atoms with van der Waals surface area (Å²) in [5.74, 6) is -0.114. The molecule has 102 valence electrons. The van der Waals surface area contributed by atoms with E-state index >= 15 is 0 Å². The van der Waals surface area contributed by atoms with Crippen LogP contribution in [0.4, 0.5) is 10.3 Å². The molecule has 1 N–H and O–H groups in total. The molecule has 1 heterocycles. The minimum Gasteiger partial charge on any atom is -0.475 e. The van der Waals surface area contributed by atoms with Crippen molar-refractivity contribution in [3.8, 4) is 5.88 Å². The van der Waals surface area contributed by atoms with Crippen molar-refractivity contribution in [2.75, 3.05) is 19.0 Å². The lowest BCUT2D eigenvalue weighted by Gasteiger charge is -2.07. The van der Waals surface area contributed by atoms with Crippen LogP contribution in [0.5, 0.6) is 5.88 Å². The molecule has 0 aromatic carbocycles. The first kappa shape index (κ1) is 14.7. The third-order valence-corrected chi connectivity index (χ3v) is 2.67. The Morgan fingerprint density at radius 3 is 2.67 bits per heavy atom. The highest BCUT2D eigenvalue weighted by molar-refractivity contribution is 5.27. The molecule has 0 aliphatic carbocycles. The topological polar surface area (TPSA) is 47.0 Å². The van der Waals surface area contributed by atoms with E-state index in [1.165, 1.54) is 25.7 Å². The Morgan fingerprint density at radius 2 is 1.94 bits per heavy atom. The zero-order valence-electron chi connectivity index (χ0n) is 11.2. The Labute approximate surface area is 108 Å². The number of ether oxygens (including phenoxy) is 1. The Morgan fingerprint density at radius 1 is 1.22 bits per heavy atom. The van der Waals surface area contributed by atoms with Crippen molar-refractivity contribution in [3.05, 3.63) is 12.0 Å². The van der Waals surface area contributed by atoms with E-state index < -0.39 is 5.82 Å². The van der Waals surface area contributed by atoms with Gasteiger partial charge < -0.3 is 10.1 Å². The van der Waals surface area contributed by atoms with Crippen LogP contribution in [0.2, 0.25) is 0 Å². The molecule has 0 spiro atoms. The van der Waals surface area contributed by atoms with Crippen molar-refractivity contribution >= 4 is 5.95 Å². The van der Waals surface area contributed by atoms with Gasteiger partial charge in [-0.2, -0.15) is 9.37 Å². The van der Waals surface area contributed by atoms with E-state index in [-0.39, 0.29) is 5.88 Å². The fraction of sp³-hybridized carbons (Fsp3) is 0.692. The van der Waals surface area contributed by atoms with Crippen LogP contribution < -0.4 is 10.1 Å². The highest BCUT2D eigenvalue weighted by Gasteiger charge is 2.06. The highest BCUT2D eigenvalue weighted by atomic mass is 19.1. The largest absolute Gasteiger partial charge is 0.475 e. The van der Waals surface area contributed by atoms with Gasteiger partial charge in [0.15, 0.2) is 0 Å². The van der Waals surface area contributed by atoms with E-state index in [1.807, 2.05) is 0 Å². The van der Waals surface area contributed by atoms with Crippen LogP contribution in [0, 0.1) is 5.82 Å². The number of halogens is 1. The molecule has 1 aromatic heterocycles. The Balaban J connectivity index is 2.22. The molecule has 0 saturated carbocycles. The molecule has 0 amide bonds. The number of rotatable bonds is 9. The molecule has 0 aliphatic rings. The van der Waals surface area contributed by atoms with Crippen molar-refractivity contribution in [2.45, 2.75) is 45.4 Å². The maximum Gasteiger partial charge on any atom is 0.255 e. The normalized spacial score (nSPS) is 10.4. The molecular weight excluding hydrogens is 233 g/mol. The molecule has 0 bridgehead atoms. The summed E-state index contributed by atoms with van der Waals surface area (Å²) in [7, 11) is 1.69. The van der Waals surface area contributed by atoms with Gasteiger partial charge in [0, 0.05) is 7.05 Å². The highest BCUT2D eigenvalue weighted by Crippen LogP contribution is 2.15. The fourth-order valence-corrected chi connectivity index (χ4v) is 1.62. The van der Waals surface area contributed by atoms with Crippen LogP contribution in [0.1, 0.15) is 45.4 Å². The van der Waals surface area contributed by atoms with Crippen LogP contribution >= 0.6 is 0 Å². The first-order valence-electron chi connectivity index (χ1n) is 6.61. The summed E-state index contributed by atoms with van der Waals surface area (Å²) in [6.07, 6.45) is 8.18. The van der Waals surface area contributed by atoms with Gasteiger partial charge in [-0.1, -0.05) is 39.0 Å². The van der Waals surface area contributed by atoms with Gasteiger partial charge in [-0.25, -0.2) is 4.98 Å². The minimum absolute atomic E-state index is 0.0305. The van der Waals surface area contributed by atoms with Crippen molar-refractivity contribution in [1.82, 2.24) is 9.97 Å². The molecule has 0 saturated heterocycles. The van der Waals surface area contributed by atoms with E-state index in [1.54, 1.807) is 7.05 Å². The van der Waals surface area contributed by atoms with Gasteiger partial charge in [-0.15, -0.1) is 0 Å². The third kappa shape index (κ3) is 5.29. The number of nitrogens with zero attached hydrogens (tertiary/aromatic N) is 2. The quantitative estimate of drug-likeness (QED) is 0.687. The SMILES string of the molecule is CCCCCCCCOc1nc(NC)ncc1F. The van der Waals surface area contributed by atoms with Gasteiger partial charge in [0.1, 0.15) is 0 Å². The molecule has 5 heteroatoms. The van der Waals surface area contributed by atoms with E-state index in [4.69, 9.17) is 4.74 Å². The molecule has 0 unspecified atom stereocenters. The lowest BCUT2D eigenvalue weighted by molar-refractivity contribution is 0.277. The molecule has 0 radical (unpaired) electrons. The van der Waals surface area contributed by atoms with E-state index in [2.05, 4.69) is 22.2 Å². The predicted molar refractivity (Wildman–Crippen MR) is 70.4 cm³/mol. The second-order valence-electron chi connectivity index (χ2n) is 4.21. The second-order valence-corrected chi connectivity index (χ2v) is 4.21. The predicted octanol–water partition coefficient (Wildman–Crippen LogP) is 3.40. The second kappa shape index (κ2) is 8.66. The fourth-order valence-electron chi connectivity index (χ4n) is 1.62. The van der Waals surface area contributed by atoms with E-state index in [0.29, 0.717) is 12.6 Å². The maximum absolute atomic E-state index is 13.3. The first-order chi connectivity index (χ1) is 8.77. The molecule has 1 rings (SSSR count). The Bertz CT molecular complexity index is 347. The van der Waals surface area contributed by atoms with Gasteiger partial charge in [0.2, 0.25) is 11.8 Å². The molecule has 4 nitrogen and oxygen atoms in total. The standard InChI is InChI=1S/C13H22FN3O/c1-3-4-5-6-7-8-9-18-12-11(14)10-16-13(15-2)17-12/h10H,3-9H2,1-2H3,(H,15,16,17). The van der Waals surface area contributed by atoms with Gasteiger partial charge >= 0.3 is 0 Å². The van der Waals surface area contributed by atoms with Crippen LogP contribution in [0.25, 0.3) is 0 Å². The average molecular weight is 255 g/mol. The van der Waals surface area contributed by atoms with Gasteiger partial charge in [-0.05, 0) is 6.42 Å². The monoisotopic (exact) mass is 255 g/mol. The van der Waals surface area contributed by atoms with Crippen molar-refractivity contribution in [2.24, 2.45) is 0 Å². The summed E-state index contributed by atoms with van der Waals surface area (Å²) in [6, 6.07) is 0. The number of hydrogen-bond acceptors (Lipinski definition) is 4. The zero-order chi connectivity index (χ0) is 13.2. The van der Waals surface area contributed by atoms with Crippen molar-refractivity contribution in [1.29, 1.82) is 0 Å². The van der Waals surface area contributed by atoms with Crippen LogP contribution in [0.3, 0.4) is 0 Å². The number of hydrogen-bond donors (Lipinski definition) is 1. The molecule has 1 aromatic rings. The first-order valence-corrected chi connectivity index (χ1v) is 6.61. The number of aromatic nitrogens is 2. The number of anilines is 1. The molecular formula is C13H22FN3O. The van der Waals surface area contributed by atoms with Gasteiger partial charge in [-0.3, -0.25) is 0 Å². The Kier molecular flexibility index (Phi) is 7.06. The smallest absolute Gasteiger partial charge is 0.255 e. The molecule has 0 fully saturated rings. The van der Waals surface area contributed by atoms with Crippen molar-refractivity contribution in [3.63, 3.8) is 0 Å². The zero-order valence-corrected chi connectivity index (χ0v) is 11.2. The molecule has 0 aliphatic heterocycles. The van der Waals surface area contributed by atoms with Gasteiger partial charge in [0.25, 0.3) is 5.88 Å². The molecule has 18 heavy (non-hydrogen) atoms. The average Bonchev–Trinajstić information content (AvgIpc) is 2.39. The summed E-state index contributed by atoms with van der Waals surface area (Å²) < 4.78 is 18.6. The maximum atomic E-state index is 13.3. The summed E-state index contributed by atoms with van der Waals surface area (Å²) in [6.45, 7) is 2.70. The summed E-state index contributed by atoms with van der Waals surface area (Å²) in [4.78, 5) is 7.68. The number of unbranched alkanes of at least 4 members (excludes halogenated alkanes) is 5. The third-order valence-electron chi connectivity index (χ3n) is 2.67. The lowest BCUT2D eigenvalue weighted by atomic mass is 10.1. The van der Waals surface area contributed by atoms with Crippen LogP contribution in [-0.4, -0.2) is 23.6 Å². The van der Waals surface area contributed by atoms with Crippen LogP contribution in [-0.2, 0) is 0 Å². The molecule has 0 atom stereocenters. The van der Waals surface area contributed by atoms with E-state index in [9.17, 15) is 4.39 Å². The minimum atomic E-state index is -0.514. The number of nitrogens with one attached hydrogen (secondary N) is 1. The van der Waals surface area contributed by atoms with Gasteiger partial charge in [0.05, 0.1) is 12.8 Å². The summed E-state index contributed by atoms with van der Waals surface area (Å²) in [5, 5.41) is 2.75. The van der Waals surface area contributed by atoms with Crippen molar-refractivity contribution < 1.29 is 9.13 Å². The summed E-state index contributed by atoms with van der Waals surface area (Å²) in [5.41, 5.74) is 0. The lowest BCUT2D eigenvalue weighted by Crippen LogP contribution is -2.04. The Hall–Kier alpha value is -1.39.